The van der Waals surface area contributed by atoms with Crippen molar-refractivity contribution in [3.8, 4) is 0 Å². The second-order valence-electron chi connectivity index (χ2n) is 4.14. The number of nitro groups is 1. The van der Waals surface area contributed by atoms with Crippen LogP contribution in [0, 0.1) is 10.1 Å². The van der Waals surface area contributed by atoms with Gasteiger partial charge in [0.15, 0.2) is 5.11 Å². The van der Waals surface area contributed by atoms with Gasteiger partial charge in [0.1, 0.15) is 5.69 Å². The molecule has 1 aromatic carbocycles. The van der Waals surface area contributed by atoms with Crippen molar-refractivity contribution in [3.63, 3.8) is 0 Å². The Morgan fingerprint density at radius 3 is 2.67 bits per heavy atom. The Hall–Kier alpha value is -1.89. The lowest BCUT2D eigenvalue weighted by molar-refractivity contribution is -0.383. The molecule has 0 spiro atoms. The fourth-order valence-corrected chi connectivity index (χ4v) is 2.20. The summed E-state index contributed by atoms with van der Waals surface area (Å²) in [5.74, 6) is 0. The van der Waals surface area contributed by atoms with E-state index in [1.165, 1.54) is 6.07 Å². The normalized spacial score (nSPS) is 14.6. The number of nitrogens with zero attached hydrogens (tertiary/aromatic N) is 2. The van der Waals surface area contributed by atoms with Gasteiger partial charge in [-0.3, -0.25) is 10.1 Å². The molecule has 7 heteroatoms. The second-order valence-corrected chi connectivity index (χ2v) is 4.58. The summed E-state index contributed by atoms with van der Waals surface area (Å²) in [5.41, 5.74) is 6.66. The minimum Gasteiger partial charge on any atom is -0.376 e. The van der Waals surface area contributed by atoms with Gasteiger partial charge in [0.2, 0.25) is 0 Å². The maximum atomic E-state index is 10.9. The molecule has 0 aliphatic carbocycles. The van der Waals surface area contributed by atoms with E-state index in [9.17, 15) is 10.1 Å². The summed E-state index contributed by atoms with van der Waals surface area (Å²) in [6, 6.07) is 4.96. The van der Waals surface area contributed by atoms with E-state index < -0.39 is 4.92 Å². The topological polar surface area (TPSA) is 84.4 Å². The van der Waals surface area contributed by atoms with E-state index in [2.05, 4.69) is 10.2 Å². The number of hydrogen-bond acceptors (Lipinski definition) is 4. The minimum atomic E-state index is -0.450. The second kappa shape index (κ2) is 5.18. The number of nitro benzene ring substituents is 1. The van der Waals surface area contributed by atoms with Crippen LogP contribution in [0.5, 0.6) is 0 Å². The fourth-order valence-electron chi connectivity index (χ4n) is 2.09. The van der Waals surface area contributed by atoms with Crippen LogP contribution in [0.3, 0.4) is 0 Å². The zero-order chi connectivity index (χ0) is 13.1. The molecule has 0 radical (unpaired) electrons. The number of anilines is 2. The van der Waals surface area contributed by atoms with Crippen LogP contribution in [-0.2, 0) is 0 Å². The Morgan fingerprint density at radius 1 is 1.44 bits per heavy atom. The van der Waals surface area contributed by atoms with Crippen LogP contribution >= 0.6 is 12.2 Å². The molecule has 0 atom stereocenters. The first kappa shape index (κ1) is 12.6. The first-order chi connectivity index (χ1) is 8.58. The zero-order valence-electron chi connectivity index (χ0n) is 9.76. The highest BCUT2D eigenvalue weighted by atomic mass is 32.1. The third-order valence-electron chi connectivity index (χ3n) is 2.91. The Kier molecular flexibility index (Phi) is 3.61. The molecule has 2 rings (SSSR count). The largest absolute Gasteiger partial charge is 0.376 e. The standard InChI is InChI=1S/C11H14N4O2S/c12-11(18)13-9-7-8(14-5-1-2-6-14)3-4-10(9)15(16)17/h3-4,7H,1-2,5-6H2,(H3,12,13,18). The fraction of sp³-hybridized carbons (Fsp3) is 0.364. The lowest BCUT2D eigenvalue weighted by atomic mass is 10.2. The van der Waals surface area contributed by atoms with E-state index >= 15 is 0 Å². The number of benzene rings is 1. The number of thiocarbonyl (C=S) groups is 1. The van der Waals surface area contributed by atoms with Gasteiger partial charge in [0.05, 0.1) is 4.92 Å². The van der Waals surface area contributed by atoms with Crippen molar-refractivity contribution < 1.29 is 4.92 Å². The summed E-state index contributed by atoms with van der Waals surface area (Å²) in [6.45, 7) is 1.95. The third kappa shape index (κ3) is 2.67. The van der Waals surface area contributed by atoms with Crippen molar-refractivity contribution in [1.29, 1.82) is 0 Å². The van der Waals surface area contributed by atoms with Crippen molar-refractivity contribution in [1.82, 2.24) is 0 Å². The van der Waals surface area contributed by atoms with E-state index in [4.69, 9.17) is 18.0 Å². The van der Waals surface area contributed by atoms with Crippen LogP contribution < -0.4 is 16.0 Å². The Labute approximate surface area is 110 Å². The molecule has 0 aromatic heterocycles. The Bertz CT molecular complexity index is 486. The molecule has 18 heavy (non-hydrogen) atoms. The van der Waals surface area contributed by atoms with E-state index in [0.29, 0.717) is 5.69 Å². The van der Waals surface area contributed by atoms with Gasteiger partial charge >= 0.3 is 0 Å². The van der Waals surface area contributed by atoms with Crippen molar-refractivity contribution in [2.75, 3.05) is 23.3 Å². The Balaban J connectivity index is 2.34. The van der Waals surface area contributed by atoms with Crippen molar-refractivity contribution in [3.05, 3.63) is 28.3 Å². The average molecular weight is 266 g/mol. The molecule has 0 bridgehead atoms. The minimum absolute atomic E-state index is 0.0225. The molecule has 0 unspecified atom stereocenters. The molecule has 1 fully saturated rings. The molecule has 0 amide bonds. The van der Waals surface area contributed by atoms with E-state index in [-0.39, 0.29) is 10.8 Å². The highest BCUT2D eigenvalue weighted by molar-refractivity contribution is 7.80. The van der Waals surface area contributed by atoms with Crippen LogP contribution in [0.4, 0.5) is 17.1 Å². The van der Waals surface area contributed by atoms with Gasteiger partial charge in [-0.1, -0.05) is 0 Å². The van der Waals surface area contributed by atoms with Gasteiger partial charge in [-0.05, 0) is 37.2 Å². The van der Waals surface area contributed by atoms with Gasteiger partial charge in [0, 0.05) is 24.8 Å². The lowest BCUT2D eigenvalue weighted by Crippen LogP contribution is -2.21. The predicted molar refractivity (Wildman–Crippen MR) is 75.0 cm³/mol. The van der Waals surface area contributed by atoms with Gasteiger partial charge in [-0.2, -0.15) is 0 Å². The summed E-state index contributed by atoms with van der Waals surface area (Å²) >= 11 is 4.73. The Morgan fingerprint density at radius 2 is 2.11 bits per heavy atom. The molecule has 3 N–H and O–H groups in total. The molecule has 1 heterocycles. The SMILES string of the molecule is NC(=S)Nc1cc(N2CCCC2)ccc1[N+](=O)[O-]. The number of hydrogen-bond donors (Lipinski definition) is 2. The lowest BCUT2D eigenvalue weighted by Gasteiger charge is -2.18. The van der Waals surface area contributed by atoms with E-state index in [1.54, 1.807) is 12.1 Å². The predicted octanol–water partition coefficient (Wildman–Crippen LogP) is 1.85. The molecule has 96 valence electrons. The maximum absolute atomic E-state index is 10.9. The summed E-state index contributed by atoms with van der Waals surface area (Å²) in [4.78, 5) is 12.6. The van der Waals surface area contributed by atoms with Crippen molar-refractivity contribution in [2.24, 2.45) is 5.73 Å². The van der Waals surface area contributed by atoms with Gasteiger partial charge < -0.3 is 16.0 Å². The molecule has 1 aliphatic rings. The molecular formula is C11H14N4O2S. The van der Waals surface area contributed by atoms with Gasteiger partial charge in [0.25, 0.3) is 5.69 Å². The average Bonchev–Trinajstić information content (AvgIpc) is 2.81. The van der Waals surface area contributed by atoms with E-state index in [0.717, 1.165) is 31.6 Å². The van der Waals surface area contributed by atoms with Crippen LogP contribution in [0.25, 0.3) is 0 Å². The molecule has 1 saturated heterocycles. The van der Waals surface area contributed by atoms with Crippen molar-refractivity contribution >= 4 is 34.4 Å². The van der Waals surface area contributed by atoms with Gasteiger partial charge in [-0.25, -0.2) is 0 Å². The maximum Gasteiger partial charge on any atom is 0.292 e. The zero-order valence-corrected chi connectivity index (χ0v) is 10.6. The molecule has 0 saturated carbocycles. The molecule has 6 nitrogen and oxygen atoms in total. The van der Waals surface area contributed by atoms with Crippen LogP contribution in [0.2, 0.25) is 0 Å². The first-order valence-corrected chi connectivity index (χ1v) is 6.08. The van der Waals surface area contributed by atoms with Crippen LogP contribution in [-0.4, -0.2) is 23.1 Å². The third-order valence-corrected chi connectivity index (χ3v) is 3.01. The smallest absolute Gasteiger partial charge is 0.292 e. The van der Waals surface area contributed by atoms with E-state index in [1.807, 2.05) is 0 Å². The first-order valence-electron chi connectivity index (χ1n) is 5.68. The van der Waals surface area contributed by atoms with Crippen molar-refractivity contribution in [2.45, 2.75) is 12.8 Å². The van der Waals surface area contributed by atoms with Crippen LogP contribution in [0.15, 0.2) is 18.2 Å². The molecular weight excluding hydrogens is 252 g/mol. The quantitative estimate of drug-likeness (QED) is 0.493. The highest BCUT2D eigenvalue weighted by Gasteiger charge is 2.18. The van der Waals surface area contributed by atoms with Gasteiger partial charge in [-0.15, -0.1) is 0 Å². The monoisotopic (exact) mass is 266 g/mol. The summed E-state index contributed by atoms with van der Waals surface area (Å²) < 4.78 is 0. The molecule has 1 aromatic rings. The molecule has 1 aliphatic heterocycles. The number of nitrogens with one attached hydrogen (secondary N) is 1. The number of rotatable bonds is 3. The highest BCUT2D eigenvalue weighted by Crippen LogP contribution is 2.30. The van der Waals surface area contributed by atoms with Crippen LogP contribution in [0.1, 0.15) is 12.8 Å². The number of nitrogens with two attached hydrogens (primary N) is 1. The summed E-state index contributed by atoms with van der Waals surface area (Å²) in [7, 11) is 0. The summed E-state index contributed by atoms with van der Waals surface area (Å²) in [6.07, 6.45) is 2.30. The summed E-state index contributed by atoms with van der Waals surface area (Å²) in [5, 5.41) is 13.6.